The first-order valence-corrected chi connectivity index (χ1v) is 17.1. The molecule has 0 unspecified atom stereocenters. The number of hydrogen-bond acceptors (Lipinski definition) is 12. The molecule has 17 N–H and O–H groups in total. The summed E-state index contributed by atoms with van der Waals surface area (Å²) < 4.78 is 0. The van der Waals surface area contributed by atoms with Crippen LogP contribution in [0.1, 0.15) is 43.2 Å². The van der Waals surface area contributed by atoms with Gasteiger partial charge in [-0.2, -0.15) is 0 Å². The van der Waals surface area contributed by atoms with Gasteiger partial charge in [-0.25, -0.2) is 0 Å². The summed E-state index contributed by atoms with van der Waals surface area (Å²) in [6, 6.07) is 3.72. The highest BCUT2D eigenvalue weighted by atomic mass is 35.5. The van der Waals surface area contributed by atoms with Gasteiger partial charge in [0.05, 0.1) is 6.04 Å². The Balaban J connectivity index is -0.00000562. The first-order chi connectivity index (χ1) is 24.4. The van der Waals surface area contributed by atoms with Gasteiger partial charge in [0, 0.05) is 25.9 Å². The maximum atomic E-state index is 14.0. The number of fused-ring (bicyclic) bond motifs is 5. The number of benzene rings is 2. The third-order valence-electron chi connectivity index (χ3n) is 8.52. The van der Waals surface area contributed by atoms with E-state index in [2.05, 4.69) is 26.6 Å². The van der Waals surface area contributed by atoms with Gasteiger partial charge >= 0.3 is 0 Å². The molecule has 0 saturated heterocycles. The van der Waals surface area contributed by atoms with Gasteiger partial charge in [-0.05, 0) is 98.3 Å². The third-order valence-corrected chi connectivity index (χ3v) is 8.52. The van der Waals surface area contributed by atoms with Crippen molar-refractivity contribution >= 4 is 91.6 Å². The van der Waals surface area contributed by atoms with Gasteiger partial charge in [0.15, 0.2) is 0 Å². The van der Waals surface area contributed by atoms with Crippen molar-refractivity contribution in [2.45, 2.75) is 75.2 Å². The normalized spacial score (nSPS) is 17.3. The Morgan fingerprint density at radius 2 is 1.25 bits per heavy atom. The number of rotatable bonds is 15. The highest BCUT2D eigenvalue weighted by molar-refractivity contribution is 5.96. The molecule has 4 bridgehead atoms. The molecule has 2 aromatic rings. The number of aromatic hydroxyl groups is 2. The topological polar surface area (TPSA) is 316 Å². The summed E-state index contributed by atoms with van der Waals surface area (Å²) in [5, 5.41) is 34.7. The van der Waals surface area contributed by atoms with Crippen LogP contribution in [0, 0.1) is 0 Å². The number of halogens is 5. The summed E-state index contributed by atoms with van der Waals surface area (Å²) in [4.78, 5) is 67.2. The van der Waals surface area contributed by atoms with Gasteiger partial charge in [0.2, 0.25) is 29.5 Å². The minimum Gasteiger partial charge on any atom is -0.508 e. The second-order valence-corrected chi connectivity index (χ2v) is 12.5. The van der Waals surface area contributed by atoms with Crippen LogP contribution in [0.15, 0.2) is 36.4 Å². The monoisotopic (exact) mass is 892 g/mol. The lowest BCUT2D eigenvalue weighted by Crippen LogP contribution is -2.59. The molecule has 22 heteroatoms. The van der Waals surface area contributed by atoms with Crippen molar-refractivity contribution in [3.8, 4) is 22.6 Å². The van der Waals surface area contributed by atoms with Crippen molar-refractivity contribution in [2.75, 3.05) is 32.7 Å². The van der Waals surface area contributed by atoms with Crippen LogP contribution in [0.3, 0.4) is 0 Å². The Bertz CT molecular complexity index is 1550. The minimum atomic E-state index is -1.36. The Morgan fingerprint density at radius 1 is 0.696 bits per heavy atom. The van der Waals surface area contributed by atoms with Crippen molar-refractivity contribution in [1.29, 1.82) is 0 Å². The second kappa shape index (κ2) is 28.9. The number of phenols is 2. The molecule has 0 aliphatic carbocycles. The van der Waals surface area contributed by atoms with Gasteiger partial charge < -0.3 is 65.5 Å². The zero-order chi connectivity index (χ0) is 37.5. The van der Waals surface area contributed by atoms with Crippen LogP contribution in [0.25, 0.3) is 11.1 Å². The summed E-state index contributed by atoms with van der Waals surface area (Å²) in [6.07, 6.45) is 0.761. The molecule has 3 rings (SSSR count). The molecular formula is C34H57Cl5N10O7. The first-order valence-electron chi connectivity index (χ1n) is 17.1. The molecule has 0 spiro atoms. The summed E-state index contributed by atoms with van der Waals surface area (Å²) in [7, 11) is 0. The highest BCUT2D eigenvalue weighted by Gasteiger charge is 2.32. The number of carbonyl (C=O) groups is 5. The molecule has 1 aliphatic rings. The number of nitrogens with one attached hydrogen (secondary N) is 5. The standard InChI is InChI=1S/C34H52N10O7.5ClH/c35-10-1-3-24-33(50)44-27(34(51)42-25(4-2-11-36)32(49)43-26(9-12-37)31(48)40-14-13-38)18-22-16-20(6-8-29(22)46)19-5-7-28(45)21(15-19)17-23(39)30(47)41-24;;;;;/h5-8,15-16,23-27,45-46H,1-4,9-14,17-18,35-39H2,(H,40,48)(H,41,47)(H,42,51)(H,43,49)(H,44,50);5*1H/t23-,24-,25-,26-,27-;;;;;/m0...../s1. The van der Waals surface area contributed by atoms with E-state index in [0.717, 1.165) is 0 Å². The van der Waals surface area contributed by atoms with Crippen LogP contribution in [0.5, 0.6) is 11.5 Å². The molecule has 0 saturated carbocycles. The average Bonchev–Trinajstić information content (AvgIpc) is 3.11. The van der Waals surface area contributed by atoms with Crippen LogP contribution >= 0.6 is 62.0 Å². The van der Waals surface area contributed by atoms with Crippen LogP contribution in [0.4, 0.5) is 0 Å². The first kappa shape index (κ1) is 57.0. The highest BCUT2D eigenvalue weighted by Crippen LogP contribution is 2.31. The summed E-state index contributed by atoms with van der Waals surface area (Å²) in [5.74, 6) is -3.54. The number of phenolic OH excluding ortho intramolecular Hbond substituents is 2. The van der Waals surface area contributed by atoms with Crippen LogP contribution in [-0.4, -0.2) is 103 Å². The Kier molecular flexibility index (Phi) is 29.4. The van der Waals surface area contributed by atoms with E-state index in [1.54, 1.807) is 24.3 Å². The van der Waals surface area contributed by atoms with E-state index in [-0.39, 0.29) is 138 Å². The largest absolute Gasteiger partial charge is 0.508 e. The predicted octanol–water partition coefficient (Wildman–Crippen LogP) is -0.860. The molecule has 320 valence electrons. The Hall–Kier alpha value is -3.36. The van der Waals surface area contributed by atoms with Crippen LogP contribution in [0.2, 0.25) is 0 Å². The van der Waals surface area contributed by atoms with Crippen LogP contribution < -0.4 is 55.3 Å². The van der Waals surface area contributed by atoms with Gasteiger partial charge in [0.25, 0.3) is 0 Å². The molecule has 5 amide bonds. The Morgan fingerprint density at radius 3 is 1.79 bits per heavy atom. The zero-order valence-corrected chi connectivity index (χ0v) is 34.8. The SMILES string of the molecule is Cl.Cl.Cl.Cl.Cl.NCCC[C@H](NC(=O)[C@@H]1Cc2cc(ccc2O)-c2ccc(O)c(c2)C[C@H](N)C(=O)N[C@@H](CCCN)C(=O)N1)C(=O)N[C@@H](CCN)C(=O)NCCN. The smallest absolute Gasteiger partial charge is 0.243 e. The van der Waals surface area contributed by atoms with E-state index < -0.39 is 59.7 Å². The van der Waals surface area contributed by atoms with E-state index in [1.807, 2.05) is 0 Å². The van der Waals surface area contributed by atoms with Crippen molar-refractivity contribution in [2.24, 2.45) is 28.7 Å². The van der Waals surface area contributed by atoms with Crippen LogP contribution in [-0.2, 0) is 36.8 Å². The van der Waals surface area contributed by atoms with Gasteiger partial charge in [-0.1, -0.05) is 12.1 Å². The maximum Gasteiger partial charge on any atom is 0.243 e. The van der Waals surface area contributed by atoms with E-state index >= 15 is 0 Å². The fraction of sp³-hybridized carbons (Fsp3) is 0.500. The van der Waals surface area contributed by atoms with Crippen molar-refractivity contribution < 1.29 is 34.2 Å². The lowest BCUT2D eigenvalue weighted by Gasteiger charge is -2.27. The molecule has 5 atom stereocenters. The lowest BCUT2D eigenvalue weighted by atomic mass is 9.95. The molecule has 0 aromatic heterocycles. The third kappa shape index (κ3) is 17.0. The Labute approximate surface area is 357 Å². The summed E-state index contributed by atoms with van der Waals surface area (Å²) in [5.41, 5.74) is 30.8. The number of amides is 5. The van der Waals surface area contributed by atoms with E-state index in [4.69, 9.17) is 28.7 Å². The number of nitrogens with two attached hydrogens (primary N) is 5. The fourth-order valence-corrected chi connectivity index (χ4v) is 5.65. The zero-order valence-electron chi connectivity index (χ0n) is 30.7. The molecule has 56 heavy (non-hydrogen) atoms. The molecule has 17 nitrogen and oxygen atoms in total. The van der Waals surface area contributed by atoms with E-state index in [9.17, 15) is 34.2 Å². The van der Waals surface area contributed by atoms with Crippen molar-refractivity contribution in [3.05, 3.63) is 47.5 Å². The molecule has 0 fully saturated rings. The summed E-state index contributed by atoms with van der Waals surface area (Å²) in [6.45, 7) is 0.883. The average molecular weight is 895 g/mol. The van der Waals surface area contributed by atoms with Gasteiger partial charge in [0.1, 0.15) is 35.7 Å². The molecular weight excluding hydrogens is 838 g/mol. The molecule has 2 aromatic carbocycles. The van der Waals surface area contributed by atoms with Crippen molar-refractivity contribution in [1.82, 2.24) is 26.6 Å². The number of carbonyl (C=O) groups excluding carboxylic acids is 5. The fourth-order valence-electron chi connectivity index (χ4n) is 5.65. The maximum absolute atomic E-state index is 14.0. The quantitative estimate of drug-likeness (QED) is 0.104. The van der Waals surface area contributed by atoms with Gasteiger partial charge in [-0.15, -0.1) is 62.0 Å². The van der Waals surface area contributed by atoms with E-state index in [0.29, 0.717) is 35.1 Å². The predicted molar refractivity (Wildman–Crippen MR) is 227 cm³/mol. The van der Waals surface area contributed by atoms with Gasteiger partial charge in [-0.3, -0.25) is 24.0 Å². The summed E-state index contributed by atoms with van der Waals surface area (Å²) >= 11 is 0. The van der Waals surface area contributed by atoms with E-state index in [1.165, 1.54) is 12.1 Å². The second-order valence-electron chi connectivity index (χ2n) is 12.5. The number of hydrogen-bond donors (Lipinski definition) is 12. The lowest BCUT2D eigenvalue weighted by molar-refractivity contribution is -0.134. The van der Waals surface area contributed by atoms with Crippen molar-refractivity contribution in [3.63, 3.8) is 0 Å². The molecule has 1 aliphatic heterocycles. The molecule has 0 radical (unpaired) electrons. The minimum absolute atomic E-state index is 0. The molecule has 1 heterocycles.